The minimum Gasteiger partial charge on any atom is -0.492 e. The Morgan fingerprint density at radius 2 is 1.74 bits per heavy atom. The number of hydrogen-bond acceptors (Lipinski definition) is 3. The third-order valence-corrected chi connectivity index (χ3v) is 3.87. The van der Waals surface area contributed by atoms with Gasteiger partial charge in [0.05, 0.1) is 11.0 Å². The summed E-state index contributed by atoms with van der Waals surface area (Å²) in [6.07, 6.45) is 0. The Bertz CT molecular complexity index is 665. The number of halogens is 3. The number of carbonyl (C=O) groups is 1. The third kappa shape index (κ3) is 6.29. The fraction of sp³-hybridized carbons (Fsp3) is 0.188. The lowest BCUT2D eigenvalue weighted by Gasteiger charge is -2.10. The molecule has 0 aliphatic rings. The first-order valence-corrected chi connectivity index (χ1v) is 8.32. The van der Waals surface area contributed by atoms with Crippen LogP contribution in [0.4, 0.5) is 0 Å². The highest BCUT2D eigenvalue weighted by molar-refractivity contribution is 9.10. The van der Waals surface area contributed by atoms with Gasteiger partial charge >= 0.3 is 0 Å². The molecule has 0 bridgehead atoms. The minimum atomic E-state index is -0.230. The molecule has 0 radical (unpaired) electrons. The smallest absolute Gasteiger partial charge is 0.258 e. The molecule has 122 valence electrons. The summed E-state index contributed by atoms with van der Waals surface area (Å²) in [5.41, 5.74) is 0. The van der Waals surface area contributed by atoms with Crippen molar-refractivity contribution in [3.05, 3.63) is 57.0 Å². The van der Waals surface area contributed by atoms with Crippen molar-refractivity contribution >= 4 is 45.0 Å². The van der Waals surface area contributed by atoms with Gasteiger partial charge in [-0.1, -0.05) is 23.2 Å². The number of carbonyl (C=O) groups excluding carboxylic acids is 1. The zero-order valence-electron chi connectivity index (χ0n) is 12.0. The van der Waals surface area contributed by atoms with Gasteiger partial charge in [0.2, 0.25) is 0 Å². The van der Waals surface area contributed by atoms with Crippen molar-refractivity contribution in [2.24, 2.45) is 0 Å². The highest BCUT2D eigenvalue weighted by atomic mass is 79.9. The molecule has 0 aliphatic heterocycles. The van der Waals surface area contributed by atoms with Crippen molar-refractivity contribution in [1.29, 1.82) is 0 Å². The van der Waals surface area contributed by atoms with Gasteiger partial charge in [-0.25, -0.2) is 0 Å². The maximum Gasteiger partial charge on any atom is 0.258 e. The Labute approximate surface area is 152 Å². The Morgan fingerprint density at radius 1 is 1.04 bits per heavy atom. The summed E-state index contributed by atoms with van der Waals surface area (Å²) < 4.78 is 11.6. The number of benzene rings is 2. The molecular weight excluding hydrogens is 405 g/mol. The summed E-state index contributed by atoms with van der Waals surface area (Å²) in [5, 5.41) is 3.95. The predicted molar refractivity (Wildman–Crippen MR) is 94.6 cm³/mol. The van der Waals surface area contributed by atoms with Crippen LogP contribution in [0.2, 0.25) is 10.0 Å². The van der Waals surface area contributed by atoms with Crippen LogP contribution >= 0.6 is 39.1 Å². The first kappa shape index (κ1) is 17.9. The molecule has 0 aliphatic carbocycles. The van der Waals surface area contributed by atoms with Crippen LogP contribution in [0.1, 0.15) is 0 Å². The Balaban J connectivity index is 1.66. The maximum atomic E-state index is 11.7. The van der Waals surface area contributed by atoms with E-state index in [1.165, 1.54) is 0 Å². The van der Waals surface area contributed by atoms with Gasteiger partial charge in [-0.15, -0.1) is 0 Å². The lowest BCUT2D eigenvalue weighted by molar-refractivity contribution is -0.123. The molecule has 2 aromatic rings. The average molecular weight is 419 g/mol. The molecule has 0 heterocycles. The van der Waals surface area contributed by atoms with Crippen molar-refractivity contribution < 1.29 is 14.3 Å². The van der Waals surface area contributed by atoms with Crippen molar-refractivity contribution in [3.63, 3.8) is 0 Å². The van der Waals surface area contributed by atoms with E-state index in [2.05, 4.69) is 21.2 Å². The van der Waals surface area contributed by atoms with Crippen LogP contribution in [0.3, 0.4) is 0 Å². The summed E-state index contributed by atoms with van der Waals surface area (Å²) >= 11 is 14.9. The van der Waals surface area contributed by atoms with Crippen molar-refractivity contribution in [2.75, 3.05) is 19.8 Å². The molecule has 1 N–H and O–H groups in total. The average Bonchev–Trinajstić information content (AvgIpc) is 2.52. The molecule has 4 nitrogen and oxygen atoms in total. The second-order valence-electron chi connectivity index (χ2n) is 4.52. The van der Waals surface area contributed by atoms with Crippen LogP contribution in [0, 0.1) is 0 Å². The van der Waals surface area contributed by atoms with Crippen LogP contribution in [0.5, 0.6) is 11.5 Å². The maximum absolute atomic E-state index is 11.7. The number of nitrogens with one attached hydrogen (secondary N) is 1. The molecule has 0 fully saturated rings. The van der Waals surface area contributed by atoms with Gasteiger partial charge in [-0.05, 0) is 58.4 Å². The summed E-state index contributed by atoms with van der Waals surface area (Å²) in [6.45, 7) is 0.659. The monoisotopic (exact) mass is 417 g/mol. The first-order valence-electron chi connectivity index (χ1n) is 6.77. The molecule has 0 aromatic heterocycles. The Hall–Kier alpha value is -1.43. The number of hydrogen-bond donors (Lipinski definition) is 1. The molecule has 0 saturated heterocycles. The third-order valence-electron chi connectivity index (χ3n) is 2.76. The fourth-order valence-corrected chi connectivity index (χ4v) is 2.60. The summed E-state index contributed by atoms with van der Waals surface area (Å²) in [5.74, 6) is 1.03. The standard InChI is InChI=1S/C16H14BrCl2NO3/c17-14-9-12(19)3-6-15(14)23-10-16(21)20-7-8-22-13-4-1-11(18)2-5-13/h1-6,9H,7-8,10H2,(H,20,21). The van der Waals surface area contributed by atoms with Crippen LogP contribution in [-0.4, -0.2) is 25.7 Å². The normalized spacial score (nSPS) is 10.2. The Morgan fingerprint density at radius 3 is 2.43 bits per heavy atom. The second kappa shape index (κ2) is 9.01. The van der Waals surface area contributed by atoms with Gasteiger partial charge in [-0.2, -0.15) is 0 Å². The molecule has 1 amide bonds. The van der Waals surface area contributed by atoms with Crippen molar-refractivity contribution in [1.82, 2.24) is 5.32 Å². The van der Waals surface area contributed by atoms with E-state index in [4.69, 9.17) is 32.7 Å². The summed E-state index contributed by atoms with van der Waals surface area (Å²) in [7, 11) is 0. The van der Waals surface area contributed by atoms with Crippen molar-refractivity contribution in [2.45, 2.75) is 0 Å². The van der Waals surface area contributed by atoms with Gasteiger partial charge in [-0.3, -0.25) is 4.79 Å². The van der Waals surface area contributed by atoms with Gasteiger partial charge in [0.25, 0.3) is 5.91 Å². The summed E-state index contributed by atoms with van der Waals surface area (Å²) in [4.78, 5) is 11.7. The Kier molecular flexibility index (Phi) is 7.02. The number of ether oxygens (including phenoxy) is 2. The zero-order chi connectivity index (χ0) is 16.7. The molecule has 0 saturated carbocycles. The van der Waals surface area contributed by atoms with Gasteiger partial charge in [0.1, 0.15) is 18.1 Å². The second-order valence-corrected chi connectivity index (χ2v) is 6.24. The molecule has 2 aromatic carbocycles. The first-order chi connectivity index (χ1) is 11.0. The molecular formula is C16H14BrCl2NO3. The highest BCUT2D eigenvalue weighted by Gasteiger charge is 2.06. The van der Waals surface area contributed by atoms with Crippen LogP contribution in [0.25, 0.3) is 0 Å². The number of amides is 1. The lowest BCUT2D eigenvalue weighted by atomic mass is 10.3. The largest absolute Gasteiger partial charge is 0.492 e. The highest BCUT2D eigenvalue weighted by Crippen LogP contribution is 2.27. The van der Waals surface area contributed by atoms with Crippen LogP contribution in [0.15, 0.2) is 46.9 Å². The predicted octanol–water partition coefficient (Wildman–Crippen LogP) is 4.33. The molecule has 0 atom stereocenters. The van der Waals surface area contributed by atoms with E-state index >= 15 is 0 Å². The fourth-order valence-electron chi connectivity index (χ4n) is 1.68. The van der Waals surface area contributed by atoms with Crippen LogP contribution < -0.4 is 14.8 Å². The number of rotatable bonds is 7. The quantitative estimate of drug-likeness (QED) is 0.680. The SMILES string of the molecule is O=C(COc1ccc(Cl)cc1Br)NCCOc1ccc(Cl)cc1. The van der Waals surface area contributed by atoms with Gasteiger partial charge < -0.3 is 14.8 Å². The minimum absolute atomic E-state index is 0.0822. The topological polar surface area (TPSA) is 47.6 Å². The van der Waals surface area contributed by atoms with E-state index in [1.54, 1.807) is 42.5 Å². The molecule has 7 heteroatoms. The van der Waals surface area contributed by atoms with E-state index in [9.17, 15) is 4.79 Å². The van der Waals surface area contributed by atoms with Crippen LogP contribution in [-0.2, 0) is 4.79 Å². The molecule has 0 unspecified atom stereocenters. The molecule has 23 heavy (non-hydrogen) atoms. The molecule has 0 spiro atoms. The van der Waals surface area contributed by atoms with Gasteiger partial charge in [0, 0.05) is 10.0 Å². The summed E-state index contributed by atoms with van der Waals surface area (Å²) in [6, 6.07) is 12.1. The van der Waals surface area contributed by atoms with E-state index in [0.717, 1.165) is 0 Å². The van der Waals surface area contributed by atoms with E-state index in [-0.39, 0.29) is 12.5 Å². The van der Waals surface area contributed by atoms with Crippen molar-refractivity contribution in [3.8, 4) is 11.5 Å². The van der Waals surface area contributed by atoms with E-state index < -0.39 is 0 Å². The molecule has 2 rings (SSSR count). The van der Waals surface area contributed by atoms with E-state index in [1.807, 2.05) is 0 Å². The van der Waals surface area contributed by atoms with E-state index in [0.29, 0.717) is 39.2 Å². The zero-order valence-corrected chi connectivity index (χ0v) is 15.1. The van der Waals surface area contributed by atoms with Gasteiger partial charge in [0.15, 0.2) is 6.61 Å². The lowest BCUT2D eigenvalue weighted by Crippen LogP contribution is -2.32.